The number of aryl methyl sites for hydroxylation is 1. The van der Waals surface area contributed by atoms with E-state index in [0.29, 0.717) is 6.42 Å². The third-order valence-electron chi connectivity index (χ3n) is 2.68. The van der Waals surface area contributed by atoms with Crippen LogP contribution in [0.2, 0.25) is 0 Å². The van der Waals surface area contributed by atoms with E-state index in [4.69, 9.17) is 6.42 Å². The maximum atomic E-state index is 12.1. The summed E-state index contributed by atoms with van der Waals surface area (Å²) in [6, 6.07) is 4.01. The molecule has 1 rings (SSSR count). The van der Waals surface area contributed by atoms with Crippen LogP contribution in [0.25, 0.3) is 0 Å². The number of terminal acetylenes is 1. The molecule has 0 radical (unpaired) electrons. The Hall–Kier alpha value is -2.35. The molecule has 0 aliphatic carbocycles. The van der Waals surface area contributed by atoms with Gasteiger partial charge in [-0.15, -0.1) is 6.42 Å². The topological polar surface area (TPSA) is 72.2 Å². The fraction of sp³-hybridized carbons (Fsp3) is 0.357. The minimum absolute atomic E-state index is 0.0429. The highest BCUT2D eigenvalue weighted by Gasteiger charge is 2.21. The Bertz CT molecular complexity index is 532. The Morgan fingerprint density at radius 3 is 2.79 bits per heavy atom. The van der Waals surface area contributed by atoms with E-state index >= 15 is 0 Å². The monoisotopic (exact) mass is 260 g/mol. The summed E-state index contributed by atoms with van der Waals surface area (Å²) in [4.78, 5) is 22.4. The second kappa shape index (κ2) is 6.55. The Morgan fingerprint density at radius 1 is 1.58 bits per heavy atom. The Labute approximate surface area is 112 Å². The minimum atomic E-state index is -0.570. The van der Waals surface area contributed by atoms with Gasteiger partial charge in [0.2, 0.25) is 0 Å². The second-order valence-corrected chi connectivity index (χ2v) is 4.26. The zero-order valence-electron chi connectivity index (χ0n) is 11.0. The first-order chi connectivity index (χ1) is 8.99. The molecule has 1 atom stereocenters. The van der Waals surface area contributed by atoms with Crippen molar-refractivity contribution in [3.63, 3.8) is 0 Å². The number of hydrogen-bond donors (Lipinski definition) is 1. The van der Waals surface area contributed by atoms with Gasteiger partial charge in [0.25, 0.3) is 11.6 Å². The van der Waals surface area contributed by atoms with Crippen molar-refractivity contribution in [2.75, 3.05) is 0 Å². The summed E-state index contributed by atoms with van der Waals surface area (Å²) in [5.74, 6) is 1.96. The van der Waals surface area contributed by atoms with Gasteiger partial charge in [-0.3, -0.25) is 14.9 Å². The van der Waals surface area contributed by atoms with Crippen molar-refractivity contribution in [2.45, 2.75) is 32.7 Å². The van der Waals surface area contributed by atoms with E-state index in [9.17, 15) is 14.9 Å². The highest BCUT2D eigenvalue weighted by Crippen LogP contribution is 2.19. The third-order valence-corrected chi connectivity index (χ3v) is 2.68. The molecule has 5 nitrogen and oxygen atoms in total. The molecule has 0 saturated heterocycles. The summed E-state index contributed by atoms with van der Waals surface area (Å²) in [7, 11) is 0. The molecule has 1 aromatic carbocycles. The van der Waals surface area contributed by atoms with Crippen molar-refractivity contribution in [3.05, 3.63) is 39.4 Å². The van der Waals surface area contributed by atoms with Crippen molar-refractivity contribution in [3.8, 4) is 12.3 Å². The van der Waals surface area contributed by atoms with Crippen LogP contribution in [-0.2, 0) is 0 Å². The Balaban J connectivity index is 3.02. The smallest absolute Gasteiger partial charge is 0.282 e. The van der Waals surface area contributed by atoms with Crippen LogP contribution in [0.3, 0.4) is 0 Å². The summed E-state index contributed by atoms with van der Waals surface area (Å²) in [6.07, 6.45) is 6.78. The molecule has 0 bridgehead atoms. The molecule has 1 amide bonds. The van der Waals surface area contributed by atoms with Crippen LogP contribution in [0.15, 0.2) is 18.2 Å². The van der Waals surface area contributed by atoms with E-state index in [1.807, 2.05) is 6.92 Å². The van der Waals surface area contributed by atoms with Gasteiger partial charge in [-0.1, -0.05) is 25.3 Å². The summed E-state index contributed by atoms with van der Waals surface area (Å²) in [5, 5.41) is 13.5. The van der Waals surface area contributed by atoms with Crippen LogP contribution in [0, 0.1) is 29.4 Å². The van der Waals surface area contributed by atoms with Gasteiger partial charge in [0.1, 0.15) is 5.56 Å². The highest BCUT2D eigenvalue weighted by molar-refractivity contribution is 5.98. The zero-order chi connectivity index (χ0) is 14.4. The third kappa shape index (κ3) is 3.81. The summed E-state index contributed by atoms with van der Waals surface area (Å²) in [6.45, 7) is 3.72. The van der Waals surface area contributed by atoms with Crippen LogP contribution in [0.1, 0.15) is 35.7 Å². The number of nitrogens with one attached hydrogen (secondary N) is 1. The van der Waals surface area contributed by atoms with Gasteiger partial charge in [0.15, 0.2) is 0 Å². The van der Waals surface area contributed by atoms with Gasteiger partial charge in [-0.05, 0) is 25.0 Å². The van der Waals surface area contributed by atoms with Gasteiger partial charge in [-0.2, -0.15) is 0 Å². The molecule has 5 heteroatoms. The lowest BCUT2D eigenvalue weighted by atomic mass is 10.1. The molecule has 1 aromatic rings. The van der Waals surface area contributed by atoms with Crippen molar-refractivity contribution in [1.29, 1.82) is 0 Å². The summed E-state index contributed by atoms with van der Waals surface area (Å²) < 4.78 is 0. The van der Waals surface area contributed by atoms with Crippen LogP contribution in [0.4, 0.5) is 5.69 Å². The fourth-order valence-corrected chi connectivity index (χ4v) is 1.71. The molecule has 0 fully saturated rings. The molecule has 0 aromatic heterocycles. The molecule has 1 N–H and O–H groups in total. The highest BCUT2D eigenvalue weighted by atomic mass is 16.6. The Morgan fingerprint density at radius 2 is 2.26 bits per heavy atom. The maximum Gasteiger partial charge on any atom is 0.282 e. The van der Waals surface area contributed by atoms with Crippen LogP contribution >= 0.6 is 0 Å². The average Bonchev–Trinajstić information content (AvgIpc) is 2.37. The molecule has 0 saturated carbocycles. The van der Waals surface area contributed by atoms with Gasteiger partial charge in [-0.25, -0.2) is 0 Å². The number of hydrogen-bond acceptors (Lipinski definition) is 3. The number of nitro groups is 1. The van der Waals surface area contributed by atoms with Crippen LogP contribution < -0.4 is 5.32 Å². The molecule has 0 aliphatic rings. The standard InChI is InChI=1S/C14H16N2O3/c1-4-6-11(5-2)15-14(17)12-9-10(3)7-8-13(12)16(18)19/h2,7-9,11H,4,6H2,1,3H3,(H,15,17). The zero-order valence-corrected chi connectivity index (χ0v) is 11.0. The molecule has 1 unspecified atom stereocenters. The van der Waals surface area contributed by atoms with Crippen molar-refractivity contribution >= 4 is 11.6 Å². The lowest BCUT2D eigenvalue weighted by Crippen LogP contribution is -2.34. The van der Waals surface area contributed by atoms with E-state index in [0.717, 1.165) is 12.0 Å². The molecule has 100 valence electrons. The molecule has 0 aliphatic heterocycles. The first-order valence-corrected chi connectivity index (χ1v) is 6.01. The molecular weight excluding hydrogens is 244 g/mol. The van der Waals surface area contributed by atoms with Gasteiger partial charge >= 0.3 is 0 Å². The predicted molar refractivity (Wildman–Crippen MR) is 72.8 cm³/mol. The SMILES string of the molecule is C#CC(CCC)NC(=O)c1cc(C)ccc1[N+](=O)[O-]. The van der Waals surface area contributed by atoms with Crippen LogP contribution in [-0.4, -0.2) is 16.9 Å². The van der Waals surface area contributed by atoms with E-state index in [-0.39, 0.29) is 11.3 Å². The van der Waals surface area contributed by atoms with Crippen molar-refractivity contribution in [2.24, 2.45) is 0 Å². The van der Waals surface area contributed by atoms with E-state index < -0.39 is 16.9 Å². The number of benzene rings is 1. The number of carbonyl (C=O) groups is 1. The predicted octanol–water partition coefficient (Wildman–Crippen LogP) is 2.43. The number of rotatable bonds is 5. The number of nitro benzene ring substituents is 1. The molecular formula is C14H16N2O3. The molecule has 0 heterocycles. The quantitative estimate of drug-likeness (QED) is 0.502. The van der Waals surface area contributed by atoms with E-state index in [2.05, 4.69) is 11.2 Å². The maximum absolute atomic E-state index is 12.1. The second-order valence-electron chi connectivity index (χ2n) is 4.26. The fourth-order valence-electron chi connectivity index (χ4n) is 1.71. The lowest BCUT2D eigenvalue weighted by Gasteiger charge is -2.12. The number of amides is 1. The lowest BCUT2D eigenvalue weighted by molar-refractivity contribution is -0.385. The first kappa shape index (κ1) is 14.7. The average molecular weight is 260 g/mol. The summed E-state index contributed by atoms with van der Waals surface area (Å²) in [5.41, 5.74) is 0.611. The normalized spacial score (nSPS) is 11.4. The minimum Gasteiger partial charge on any atom is -0.338 e. The van der Waals surface area contributed by atoms with E-state index in [1.54, 1.807) is 13.0 Å². The largest absolute Gasteiger partial charge is 0.338 e. The molecule has 19 heavy (non-hydrogen) atoms. The first-order valence-electron chi connectivity index (χ1n) is 6.01. The Kier molecular flexibility index (Phi) is 5.07. The van der Waals surface area contributed by atoms with Crippen molar-refractivity contribution in [1.82, 2.24) is 5.32 Å². The molecule has 0 spiro atoms. The van der Waals surface area contributed by atoms with Gasteiger partial charge in [0, 0.05) is 6.07 Å². The van der Waals surface area contributed by atoms with Crippen molar-refractivity contribution < 1.29 is 9.72 Å². The number of carbonyl (C=O) groups excluding carboxylic acids is 1. The van der Waals surface area contributed by atoms with E-state index in [1.165, 1.54) is 12.1 Å². The van der Waals surface area contributed by atoms with Gasteiger partial charge in [0.05, 0.1) is 11.0 Å². The number of nitrogens with zero attached hydrogens (tertiary/aromatic N) is 1. The van der Waals surface area contributed by atoms with Gasteiger partial charge < -0.3 is 5.32 Å². The summed E-state index contributed by atoms with van der Waals surface area (Å²) >= 11 is 0. The van der Waals surface area contributed by atoms with Crippen LogP contribution in [0.5, 0.6) is 0 Å².